The molecule has 0 fully saturated rings. The van der Waals surface area contributed by atoms with Crippen molar-refractivity contribution in [2.75, 3.05) is 0 Å². The van der Waals surface area contributed by atoms with E-state index < -0.39 is 0 Å². The zero-order valence-corrected chi connectivity index (χ0v) is 22.0. The first-order chi connectivity index (χ1) is 17.9. The van der Waals surface area contributed by atoms with Crippen LogP contribution >= 0.6 is 0 Å². The van der Waals surface area contributed by atoms with E-state index in [0.717, 1.165) is 12.8 Å². The molecule has 1 nitrogen and oxygen atoms in total. The molecule has 0 spiro atoms. The largest absolute Gasteiger partial charge is 0.309 e. The summed E-state index contributed by atoms with van der Waals surface area (Å²) in [6, 6.07) is 29.9. The molecule has 0 saturated heterocycles. The van der Waals surface area contributed by atoms with Gasteiger partial charge in [0, 0.05) is 27.3 Å². The summed E-state index contributed by atoms with van der Waals surface area (Å²) in [5.74, 6) is 0. The molecular formula is C36H31N. The van der Waals surface area contributed by atoms with Crippen LogP contribution in [0.4, 0.5) is 0 Å². The molecule has 0 saturated carbocycles. The summed E-state index contributed by atoms with van der Waals surface area (Å²) in [5.41, 5.74) is 15.4. The summed E-state index contributed by atoms with van der Waals surface area (Å²) in [6.45, 7) is 9.55. The van der Waals surface area contributed by atoms with Gasteiger partial charge >= 0.3 is 0 Å². The van der Waals surface area contributed by atoms with Gasteiger partial charge in [0.05, 0.1) is 11.0 Å². The monoisotopic (exact) mass is 477 g/mol. The fraction of sp³-hybridized carbons (Fsp3) is 0.222. The molecule has 0 unspecified atom stereocenters. The van der Waals surface area contributed by atoms with Gasteiger partial charge in [0.1, 0.15) is 0 Å². The van der Waals surface area contributed by atoms with Gasteiger partial charge in [0.15, 0.2) is 0 Å². The molecule has 0 N–H and O–H groups in total. The average molecular weight is 478 g/mol. The Morgan fingerprint density at radius 1 is 0.676 bits per heavy atom. The van der Waals surface area contributed by atoms with Gasteiger partial charge in [-0.25, -0.2) is 0 Å². The molecule has 0 amide bonds. The Morgan fingerprint density at radius 3 is 2.32 bits per heavy atom. The summed E-state index contributed by atoms with van der Waals surface area (Å²) in [6.07, 6.45) is 6.99. The van der Waals surface area contributed by atoms with Gasteiger partial charge < -0.3 is 4.57 Å². The van der Waals surface area contributed by atoms with Crippen LogP contribution in [0.5, 0.6) is 0 Å². The Hall–Kier alpha value is -3.84. The Morgan fingerprint density at radius 2 is 1.43 bits per heavy atom. The van der Waals surface area contributed by atoms with Crippen molar-refractivity contribution in [1.29, 1.82) is 0 Å². The SMILES string of the molecule is CC1(C)C2=C(C=CCC2)n2c3ccc(-c4cccc5c4-c4ccccc4C5(C)C)cc3c3cccc1c32. The second-order valence-corrected chi connectivity index (χ2v) is 12.1. The Labute approximate surface area is 218 Å². The van der Waals surface area contributed by atoms with Crippen LogP contribution in [0.2, 0.25) is 0 Å². The van der Waals surface area contributed by atoms with Gasteiger partial charge in [0.2, 0.25) is 0 Å². The number of aromatic nitrogens is 1. The molecule has 0 radical (unpaired) electrons. The summed E-state index contributed by atoms with van der Waals surface area (Å²) < 4.78 is 2.55. The van der Waals surface area contributed by atoms with Crippen LogP contribution in [0.25, 0.3) is 49.8 Å². The van der Waals surface area contributed by atoms with Gasteiger partial charge in [-0.3, -0.25) is 0 Å². The van der Waals surface area contributed by atoms with Crippen molar-refractivity contribution in [3.8, 4) is 22.3 Å². The van der Waals surface area contributed by atoms with Crippen LogP contribution in [-0.4, -0.2) is 4.57 Å². The summed E-state index contributed by atoms with van der Waals surface area (Å²) in [5, 5.41) is 2.71. The normalized spacial score (nSPS) is 18.3. The number of fused-ring (bicyclic) bond motifs is 7. The lowest BCUT2D eigenvalue weighted by Crippen LogP contribution is -2.28. The lowest BCUT2D eigenvalue weighted by Gasteiger charge is -2.37. The average Bonchev–Trinajstić information content (AvgIpc) is 3.37. The van der Waals surface area contributed by atoms with Crippen molar-refractivity contribution in [2.45, 2.75) is 51.4 Å². The molecule has 180 valence electrons. The topological polar surface area (TPSA) is 4.93 Å². The van der Waals surface area contributed by atoms with E-state index in [-0.39, 0.29) is 10.8 Å². The number of allylic oxidation sites excluding steroid dienone is 4. The molecule has 0 bridgehead atoms. The molecule has 8 rings (SSSR count). The molecule has 3 aliphatic rings. The zero-order valence-electron chi connectivity index (χ0n) is 22.0. The second kappa shape index (κ2) is 6.92. The number of hydrogen-bond acceptors (Lipinski definition) is 0. The van der Waals surface area contributed by atoms with E-state index in [9.17, 15) is 0 Å². The fourth-order valence-electron chi connectivity index (χ4n) is 7.64. The van der Waals surface area contributed by atoms with Gasteiger partial charge in [-0.1, -0.05) is 101 Å². The smallest absolute Gasteiger partial charge is 0.0581 e. The van der Waals surface area contributed by atoms with E-state index in [0.29, 0.717) is 0 Å². The highest BCUT2D eigenvalue weighted by atomic mass is 15.0. The molecule has 4 aromatic carbocycles. The molecule has 37 heavy (non-hydrogen) atoms. The zero-order chi connectivity index (χ0) is 25.1. The maximum absolute atomic E-state index is 2.55. The van der Waals surface area contributed by atoms with Crippen LogP contribution < -0.4 is 0 Å². The van der Waals surface area contributed by atoms with Gasteiger partial charge in [0.25, 0.3) is 0 Å². The van der Waals surface area contributed by atoms with E-state index in [2.05, 4.69) is 123 Å². The molecule has 1 heteroatoms. The second-order valence-electron chi connectivity index (χ2n) is 12.1. The summed E-state index contributed by atoms with van der Waals surface area (Å²) in [4.78, 5) is 0. The molecule has 0 atom stereocenters. The van der Waals surface area contributed by atoms with Crippen molar-refractivity contribution < 1.29 is 0 Å². The van der Waals surface area contributed by atoms with Crippen LogP contribution in [-0.2, 0) is 10.8 Å². The molecule has 1 aliphatic heterocycles. The molecule has 5 aromatic rings. The van der Waals surface area contributed by atoms with Crippen LogP contribution in [0.15, 0.2) is 96.6 Å². The minimum atomic E-state index is 0.0114. The van der Waals surface area contributed by atoms with E-state index in [4.69, 9.17) is 0 Å². The van der Waals surface area contributed by atoms with Crippen molar-refractivity contribution in [3.05, 3.63) is 113 Å². The van der Waals surface area contributed by atoms with E-state index >= 15 is 0 Å². The number of benzene rings is 4. The molecule has 1 aromatic heterocycles. The quantitative estimate of drug-likeness (QED) is 0.226. The first-order valence-corrected chi connectivity index (χ1v) is 13.6. The van der Waals surface area contributed by atoms with Crippen molar-refractivity contribution in [3.63, 3.8) is 0 Å². The van der Waals surface area contributed by atoms with Crippen molar-refractivity contribution >= 4 is 27.5 Å². The van der Waals surface area contributed by atoms with Gasteiger partial charge in [-0.2, -0.15) is 0 Å². The highest BCUT2D eigenvalue weighted by Gasteiger charge is 2.38. The third-order valence-electron chi connectivity index (χ3n) is 9.52. The number of nitrogens with zero attached hydrogens (tertiary/aromatic N) is 1. The highest BCUT2D eigenvalue weighted by molar-refractivity contribution is 6.14. The minimum Gasteiger partial charge on any atom is -0.309 e. The van der Waals surface area contributed by atoms with Crippen molar-refractivity contribution in [1.82, 2.24) is 4.57 Å². The fourth-order valence-corrected chi connectivity index (χ4v) is 7.64. The first kappa shape index (κ1) is 21.3. The van der Waals surface area contributed by atoms with Crippen LogP contribution in [0.1, 0.15) is 57.2 Å². The number of rotatable bonds is 1. The van der Waals surface area contributed by atoms with E-state index in [1.165, 1.54) is 66.4 Å². The molecular weight excluding hydrogens is 446 g/mol. The maximum Gasteiger partial charge on any atom is 0.0581 e. The molecule has 2 aliphatic carbocycles. The van der Waals surface area contributed by atoms with E-state index in [1.807, 2.05) is 0 Å². The predicted octanol–water partition coefficient (Wildman–Crippen LogP) is 9.62. The standard InChI is InChI=1S/C36H31N/c1-35(2)27-14-6-5-11-25(27)33-23(12-9-16-29(33)35)22-19-20-31-26(21-22)24-13-10-17-30-34(24)37(31)32-18-8-7-15-28(32)36(30,3)4/h5-6,8-14,16-21H,7,15H2,1-4H3. The Balaban J connectivity index is 1.44. The van der Waals surface area contributed by atoms with Crippen molar-refractivity contribution in [2.24, 2.45) is 0 Å². The highest BCUT2D eigenvalue weighted by Crippen LogP contribution is 2.53. The van der Waals surface area contributed by atoms with Crippen LogP contribution in [0, 0.1) is 0 Å². The lowest BCUT2D eigenvalue weighted by molar-refractivity contribution is 0.585. The Bertz CT molecular complexity index is 1870. The van der Waals surface area contributed by atoms with E-state index in [1.54, 1.807) is 5.57 Å². The summed E-state index contributed by atoms with van der Waals surface area (Å²) >= 11 is 0. The minimum absolute atomic E-state index is 0.0114. The lowest BCUT2D eigenvalue weighted by atomic mass is 9.71. The first-order valence-electron chi connectivity index (χ1n) is 13.6. The summed E-state index contributed by atoms with van der Waals surface area (Å²) in [7, 11) is 0. The molecule has 2 heterocycles. The third kappa shape index (κ3) is 2.55. The predicted molar refractivity (Wildman–Crippen MR) is 157 cm³/mol. The van der Waals surface area contributed by atoms with Crippen LogP contribution in [0.3, 0.4) is 0 Å². The number of hydrogen-bond donors (Lipinski definition) is 0. The third-order valence-corrected chi connectivity index (χ3v) is 9.52. The Kier molecular flexibility index (Phi) is 3.98. The van der Waals surface area contributed by atoms with Gasteiger partial charge in [-0.05, 0) is 75.6 Å². The maximum atomic E-state index is 2.55. The van der Waals surface area contributed by atoms with Gasteiger partial charge in [-0.15, -0.1) is 0 Å². The number of para-hydroxylation sites is 1.